The smallest absolute Gasteiger partial charge is 0.273 e. The lowest BCUT2D eigenvalue weighted by atomic mass is 10.1. The van der Waals surface area contributed by atoms with E-state index in [-0.39, 0.29) is 5.91 Å². The minimum absolute atomic E-state index is 0.292. The summed E-state index contributed by atoms with van der Waals surface area (Å²) in [5, 5.41) is 6.58. The maximum absolute atomic E-state index is 12.3. The average Bonchev–Trinajstić information content (AvgIpc) is 3.16. The molecule has 0 unspecified atom stereocenters. The third-order valence-electron chi connectivity index (χ3n) is 3.36. The number of hydrogen-bond donors (Lipinski definition) is 2. The third-order valence-corrected chi connectivity index (χ3v) is 3.36. The molecule has 0 aliphatic heterocycles. The van der Waals surface area contributed by atoms with E-state index in [1.165, 1.54) is 12.5 Å². The maximum atomic E-state index is 12.3. The van der Waals surface area contributed by atoms with Gasteiger partial charge in [0.25, 0.3) is 11.8 Å². The second-order valence-electron chi connectivity index (χ2n) is 5.08. The molecule has 2 amide bonds. The first-order valence-electron chi connectivity index (χ1n) is 7.56. The lowest BCUT2D eigenvalue weighted by Gasteiger charge is -2.09. The molecule has 1 heterocycles. The van der Waals surface area contributed by atoms with Gasteiger partial charge in [-0.25, -0.2) is 5.43 Å². The summed E-state index contributed by atoms with van der Waals surface area (Å²) >= 11 is 0. The zero-order valence-corrected chi connectivity index (χ0v) is 13.2. The van der Waals surface area contributed by atoms with Gasteiger partial charge in [0.05, 0.1) is 23.7 Å². The van der Waals surface area contributed by atoms with Gasteiger partial charge in [-0.3, -0.25) is 9.59 Å². The van der Waals surface area contributed by atoms with Crippen LogP contribution < -0.4 is 10.7 Å². The molecule has 1 aromatic heterocycles. The van der Waals surface area contributed by atoms with Gasteiger partial charge in [0.2, 0.25) is 0 Å². The van der Waals surface area contributed by atoms with E-state index >= 15 is 0 Å². The van der Waals surface area contributed by atoms with E-state index in [1.807, 2.05) is 6.07 Å². The fraction of sp³-hybridized carbons (Fsp3) is 0. The van der Waals surface area contributed by atoms with Crippen LogP contribution in [0.4, 0.5) is 5.69 Å². The lowest BCUT2D eigenvalue weighted by molar-refractivity contribution is 0.0956. The molecule has 0 spiro atoms. The molecule has 0 atom stereocenters. The molecule has 2 N–H and O–H groups in total. The Morgan fingerprint density at radius 1 is 0.880 bits per heavy atom. The Morgan fingerprint density at radius 2 is 1.64 bits per heavy atom. The van der Waals surface area contributed by atoms with Gasteiger partial charge in [0, 0.05) is 5.56 Å². The first-order valence-corrected chi connectivity index (χ1v) is 7.56. The Kier molecular flexibility index (Phi) is 5.01. The summed E-state index contributed by atoms with van der Waals surface area (Å²) in [5.74, 6) is -0.210. The topological polar surface area (TPSA) is 83.7 Å². The molecule has 25 heavy (non-hydrogen) atoms. The van der Waals surface area contributed by atoms with Crippen LogP contribution in [0.15, 0.2) is 82.5 Å². The van der Waals surface area contributed by atoms with Crippen molar-refractivity contribution in [3.8, 4) is 0 Å². The first-order chi connectivity index (χ1) is 12.2. The largest absolute Gasteiger partial charge is 0.463 e. The Bertz CT molecular complexity index is 887. The van der Waals surface area contributed by atoms with Crippen LogP contribution in [-0.4, -0.2) is 18.0 Å². The highest BCUT2D eigenvalue weighted by molar-refractivity contribution is 6.09. The van der Waals surface area contributed by atoms with E-state index in [0.717, 1.165) is 0 Å². The van der Waals surface area contributed by atoms with Crippen LogP contribution in [0.2, 0.25) is 0 Å². The van der Waals surface area contributed by atoms with Gasteiger partial charge in [-0.1, -0.05) is 30.3 Å². The lowest BCUT2D eigenvalue weighted by Crippen LogP contribution is -2.21. The van der Waals surface area contributed by atoms with Crippen molar-refractivity contribution in [2.75, 3.05) is 5.32 Å². The number of nitrogens with zero attached hydrogens (tertiary/aromatic N) is 1. The molecule has 124 valence electrons. The molecule has 6 nitrogen and oxygen atoms in total. The van der Waals surface area contributed by atoms with E-state index in [4.69, 9.17) is 4.42 Å². The van der Waals surface area contributed by atoms with E-state index in [1.54, 1.807) is 60.7 Å². The number of para-hydroxylation sites is 1. The van der Waals surface area contributed by atoms with Crippen molar-refractivity contribution >= 4 is 23.7 Å². The Morgan fingerprint density at radius 3 is 2.40 bits per heavy atom. The minimum Gasteiger partial charge on any atom is -0.463 e. The highest BCUT2D eigenvalue weighted by Crippen LogP contribution is 2.16. The summed E-state index contributed by atoms with van der Waals surface area (Å²) in [5.41, 5.74) is 3.63. The standard InChI is InChI=1S/C19H15N3O3/c23-18(14-7-2-1-3-8-14)21-17-11-5-4-10-16(17)19(24)22-20-13-15-9-6-12-25-15/h1-13H,(H,21,23)(H,22,24)/b20-13-. The third kappa shape index (κ3) is 4.20. The van der Waals surface area contributed by atoms with Crippen LogP contribution in [-0.2, 0) is 0 Å². The number of carbonyl (C=O) groups is 2. The second-order valence-corrected chi connectivity index (χ2v) is 5.08. The van der Waals surface area contributed by atoms with Gasteiger partial charge in [0.1, 0.15) is 5.76 Å². The molecular weight excluding hydrogens is 318 g/mol. The molecule has 0 aliphatic carbocycles. The Hall–Kier alpha value is -3.67. The molecule has 0 radical (unpaired) electrons. The van der Waals surface area contributed by atoms with E-state index in [2.05, 4.69) is 15.8 Å². The number of furan rings is 1. The van der Waals surface area contributed by atoms with Crippen molar-refractivity contribution in [2.24, 2.45) is 5.10 Å². The van der Waals surface area contributed by atoms with Gasteiger partial charge in [-0.15, -0.1) is 0 Å². The number of carbonyl (C=O) groups excluding carboxylic acids is 2. The van der Waals surface area contributed by atoms with Crippen LogP contribution in [0.5, 0.6) is 0 Å². The van der Waals surface area contributed by atoms with Crippen molar-refractivity contribution in [1.29, 1.82) is 0 Å². The molecule has 0 fully saturated rings. The fourth-order valence-electron chi connectivity index (χ4n) is 2.15. The summed E-state index contributed by atoms with van der Waals surface area (Å²) in [4.78, 5) is 24.6. The van der Waals surface area contributed by atoms with Crippen molar-refractivity contribution < 1.29 is 14.0 Å². The fourth-order valence-corrected chi connectivity index (χ4v) is 2.15. The van der Waals surface area contributed by atoms with Crippen molar-refractivity contribution in [2.45, 2.75) is 0 Å². The number of rotatable bonds is 5. The molecule has 3 aromatic rings. The van der Waals surface area contributed by atoms with Crippen molar-refractivity contribution in [3.05, 3.63) is 89.9 Å². The summed E-state index contributed by atoms with van der Waals surface area (Å²) in [6, 6.07) is 18.9. The zero-order chi connectivity index (χ0) is 17.5. The Labute approximate surface area is 144 Å². The number of hydrazone groups is 1. The molecule has 0 saturated heterocycles. The summed E-state index contributed by atoms with van der Waals surface area (Å²) in [6.07, 6.45) is 2.90. The van der Waals surface area contributed by atoms with Crippen LogP contribution in [0.3, 0.4) is 0 Å². The normalized spacial score (nSPS) is 10.6. The number of amides is 2. The van der Waals surface area contributed by atoms with Gasteiger partial charge < -0.3 is 9.73 Å². The summed E-state index contributed by atoms with van der Waals surface area (Å²) in [6.45, 7) is 0. The zero-order valence-electron chi connectivity index (χ0n) is 13.2. The van der Waals surface area contributed by atoms with Crippen molar-refractivity contribution in [1.82, 2.24) is 5.43 Å². The minimum atomic E-state index is -0.438. The number of hydrogen-bond acceptors (Lipinski definition) is 4. The molecule has 2 aromatic carbocycles. The molecule has 0 saturated carbocycles. The van der Waals surface area contributed by atoms with E-state index < -0.39 is 5.91 Å². The molecular formula is C19H15N3O3. The van der Waals surface area contributed by atoms with E-state index in [0.29, 0.717) is 22.6 Å². The van der Waals surface area contributed by atoms with Crippen LogP contribution in [0.1, 0.15) is 26.5 Å². The molecule has 3 rings (SSSR count). The second kappa shape index (κ2) is 7.74. The Balaban J connectivity index is 1.72. The monoisotopic (exact) mass is 333 g/mol. The van der Waals surface area contributed by atoms with Gasteiger partial charge >= 0.3 is 0 Å². The molecule has 0 aliphatic rings. The van der Waals surface area contributed by atoms with Gasteiger partial charge in [-0.2, -0.15) is 5.10 Å². The van der Waals surface area contributed by atoms with Gasteiger partial charge in [0.15, 0.2) is 0 Å². The van der Waals surface area contributed by atoms with Gasteiger partial charge in [-0.05, 0) is 36.4 Å². The molecule has 6 heteroatoms. The van der Waals surface area contributed by atoms with E-state index in [9.17, 15) is 9.59 Å². The number of nitrogens with one attached hydrogen (secondary N) is 2. The number of anilines is 1. The predicted molar refractivity (Wildman–Crippen MR) is 94.6 cm³/mol. The molecule has 0 bridgehead atoms. The SMILES string of the molecule is O=C(Nc1ccccc1C(=O)N/N=C\c1ccco1)c1ccccc1. The van der Waals surface area contributed by atoms with Crippen LogP contribution >= 0.6 is 0 Å². The van der Waals surface area contributed by atoms with Crippen LogP contribution in [0.25, 0.3) is 0 Å². The number of benzene rings is 2. The highest BCUT2D eigenvalue weighted by Gasteiger charge is 2.13. The summed E-state index contributed by atoms with van der Waals surface area (Å²) in [7, 11) is 0. The maximum Gasteiger partial charge on any atom is 0.273 e. The highest BCUT2D eigenvalue weighted by atomic mass is 16.3. The summed E-state index contributed by atoms with van der Waals surface area (Å²) < 4.78 is 5.09. The van der Waals surface area contributed by atoms with Crippen LogP contribution in [0, 0.1) is 0 Å². The average molecular weight is 333 g/mol. The first kappa shape index (κ1) is 16.2. The quantitative estimate of drug-likeness (QED) is 0.555. The predicted octanol–water partition coefficient (Wildman–Crippen LogP) is 3.30. The van der Waals surface area contributed by atoms with Crippen molar-refractivity contribution in [3.63, 3.8) is 0 Å².